The number of hydrogen-bond acceptors (Lipinski definition) is 4. The Morgan fingerprint density at radius 3 is 2.14 bits per heavy atom. The van der Waals surface area contributed by atoms with Gasteiger partial charge in [0.1, 0.15) is 6.54 Å². The van der Waals surface area contributed by atoms with Crippen LogP contribution in [0.5, 0.6) is 0 Å². The third-order valence-corrected chi connectivity index (χ3v) is 2.78. The minimum atomic E-state index is -0.426. The number of likely N-dealkylation sites (N-methyl/N-ethyl adjacent to an activating group) is 1. The standard InChI is InChI=1S/C16H32NO4/c1-7-8-9-20-15(18)11-14(12-17(4,5)6)21-16(19)10-13(2)3/h13-14H,7-12H2,1-6H3/q+1. The van der Waals surface area contributed by atoms with Crippen molar-refractivity contribution in [1.29, 1.82) is 0 Å². The van der Waals surface area contributed by atoms with Crippen molar-refractivity contribution in [3.63, 3.8) is 0 Å². The van der Waals surface area contributed by atoms with Crippen molar-refractivity contribution >= 4 is 11.9 Å². The molecule has 0 aromatic carbocycles. The first-order valence-electron chi connectivity index (χ1n) is 7.79. The minimum Gasteiger partial charge on any atom is -0.466 e. The second kappa shape index (κ2) is 9.77. The lowest BCUT2D eigenvalue weighted by Gasteiger charge is -2.28. The van der Waals surface area contributed by atoms with Gasteiger partial charge in [-0.1, -0.05) is 27.2 Å². The predicted octanol–water partition coefficient (Wildman–Crippen LogP) is 2.38. The van der Waals surface area contributed by atoms with Gasteiger partial charge in [-0.15, -0.1) is 0 Å². The van der Waals surface area contributed by atoms with E-state index in [0.29, 0.717) is 24.1 Å². The van der Waals surface area contributed by atoms with Crippen molar-refractivity contribution in [2.45, 2.75) is 52.6 Å². The third kappa shape index (κ3) is 12.4. The highest BCUT2D eigenvalue weighted by atomic mass is 16.6. The van der Waals surface area contributed by atoms with Crippen LogP contribution in [0.15, 0.2) is 0 Å². The number of ether oxygens (including phenoxy) is 2. The first-order valence-corrected chi connectivity index (χ1v) is 7.79. The molecule has 0 saturated heterocycles. The van der Waals surface area contributed by atoms with Crippen LogP contribution in [0.25, 0.3) is 0 Å². The van der Waals surface area contributed by atoms with Gasteiger partial charge in [0.2, 0.25) is 0 Å². The van der Waals surface area contributed by atoms with E-state index >= 15 is 0 Å². The van der Waals surface area contributed by atoms with Gasteiger partial charge in [-0.3, -0.25) is 9.59 Å². The number of carbonyl (C=O) groups is 2. The van der Waals surface area contributed by atoms with E-state index in [0.717, 1.165) is 12.8 Å². The van der Waals surface area contributed by atoms with Crippen LogP contribution in [0.4, 0.5) is 0 Å². The van der Waals surface area contributed by atoms with E-state index in [1.54, 1.807) is 0 Å². The van der Waals surface area contributed by atoms with E-state index in [2.05, 4.69) is 0 Å². The van der Waals surface area contributed by atoms with Gasteiger partial charge in [-0.05, 0) is 12.3 Å². The molecule has 0 aromatic rings. The molecule has 1 atom stereocenters. The third-order valence-electron chi connectivity index (χ3n) is 2.78. The molecule has 0 amide bonds. The van der Waals surface area contributed by atoms with Gasteiger partial charge in [0.25, 0.3) is 0 Å². The van der Waals surface area contributed by atoms with E-state index < -0.39 is 6.10 Å². The zero-order chi connectivity index (χ0) is 16.5. The van der Waals surface area contributed by atoms with Gasteiger partial charge in [-0.2, -0.15) is 0 Å². The van der Waals surface area contributed by atoms with Crippen molar-refractivity contribution in [2.75, 3.05) is 34.3 Å². The Hall–Kier alpha value is -1.10. The molecule has 0 aliphatic rings. The molecule has 5 nitrogen and oxygen atoms in total. The first-order chi connectivity index (χ1) is 9.64. The van der Waals surface area contributed by atoms with Crippen molar-refractivity contribution in [3.8, 4) is 0 Å². The number of unbranched alkanes of at least 4 members (excludes halogenated alkanes) is 1. The van der Waals surface area contributed by atoms with Crippen LogP contribution in [-0.4, -0.2) is 56.8 Å². The molecule has 0 bridgehead atoms. The molecule has 0 saturated carbocycles. The van der Waals surface area contributed by atoms with E-state index in [1.807, 2.05) is 41.9 Å². The number of hydrogen-bond donors (Lipinski definition) is 0. The molecule has 0 heterocycles. The molecule has 0 rings (SSSR count). The number of rotatable bonds is 10. The van der Waals surface area contributed by atoms with Gasteiger partial charge >= 0.3 is 11.9 Å². The molecule has 124 valence electrons. The van der Waals surface area contributed by atoms with Crippen molar-refractivity contribution in [2.24, 2.45) is 5.92 Å². The molecule has 0 spiro atoms. The molecule has 0 fully saturated rings. The maximum atomic E-state index is 11.8. The summed E-state index contributed by atoms with van der Waals surface area (Å²) in [6.45, 7) is 7.00. The summed E-state index contributed by atoms with van der Waals surface area (Å²) in [7, 11) is 6.02. The molecular formula is C16H32NO4+. The van der Waals surface area contributed by atoms with E-state index in [4.69, 9.17) is 9.47 Å². The van der Waals surface area contributed by atoms with Crippen LogP contribution in [0.3, 0.4) is 0 Å². The molecular weight excluding hydrogens is 270 g/mol. The summed E-state index contributed by atoms with van der Waals surface area (Å²) >= 11 is 0. The Balaban J connectivity index is 4.45. The highest BCUT2D eigenvalue weighted by Gasteiger charge is 2.25. The topological polar surface area (TPSA) is 52.6 Å². The Morgan fingerprint density at radius 2 is 1.67 bits per heavy atom. The summed E-state index contributed by atoms with van der Waals surface area (Å²) in [5.41, 5.74) is 0. The Bertz CT molecular complexity index is 321. The Morgan fingerprint density at radius 1 is 1.05 bits per heavy atom. The number of nitrogens with zero attached hydrogens (tertiary/aromatic N) is 1. The monoisotopic (exact) mass is 302 g/mol. The minimum absolute atomic E-state index is 0.128. The van der Waals surface area contributed by atoms with Crippen LogP contribution in [-0.2, 0) is 19.1 Å². The zero-order valence-corrected chi connectivity index (χ0v) is 14.5. The SMILES string of the molecule is CCCCOC(=O)CC(C[N+](C)(C)C)OC(=O)CC(C)C. The van der Waals surface area contributed by atoms with E-state index in [-0.39, 0.29) is 24.3 Å². The molecule has 0 radical (unpaired) electrons. The van der Waals surface area contributed by atoms with Crippen LogP contribution in [0.2, 0.25) is 0 Å². The highest BCUT2D eigenvalue weighted by Crippen LogP contribution is 2.10. The van der Waals surface area contributed by atoms with Gasteiger partial charge in [0, 0.05) is 6.42 Å². The fourth-order valence-corrected chi connectivity index (χ4v) is 1.90. The number of quaternary nitrogens is 1. The largest absolute Gasteiger partial charge is 0.466 e. The van der Waals surface area contributed by atoms with Crippen LogP contribution < -0.4 is 0 Å². The van der Waals surface area contributed by atoms with Crippen LogP contribution in [0, 0.1) is 5.92 Å². The normalized spacial score (nSPS) is 13.1. The highest BCUT2D eigenvalue weighted by molar-refractivity contribution is 5.72. The molecule has 1 unspecified atom stereocenters. The molecule has 5 heteroatoms. The molecule has 0 aromatic heterocycles. The Kier molecular flexibility index (Phi) is 9.26. The first kappa shape index (κ1) is 19.9. The van der Waals surface area contributed by atoms with Gasteiger partial charge in [0.05, 0.1) is 34.2 Å². The van der Waals surface area contributed by atoms with E-state index in [1.165, 1.54) is 0 Å². The lowest BCUT2D eigenvalue weighted by molar-refractivity contribution is -0.873. The number of esters is 2. The smallest absolute Gasteiger partial charge is 0.309 e. The maximum absolute atomic E-state index is 11.8. The summed E-state index contributed by atoms with van der Waals surface area (Å²) < 4.78 is 11.2. The fourth-order valence-electron chi connectivity index (χ4n) is 1.90. The number of carbonyl (C=O) groups excluding carboxylic acids is 2. The lowest BCUT2D eigenvalue weighted by atomic mass is 10.1. The fraction of sp³-hybridized carbons (Fsp3) is 0.875. The molecule has 0 aliphatic heterocycles. The predicted molar refractivity (Wildman–Crippen MR) is 82.7 cm³/mol. The molecule has 0 N–H and O–H groups in total. The summed E-state index contributed by atoms with van der Waals surface area (Å²) in [6.07, 6.45) is 1.92. The van der Waals surface area contributed by atoms with Crippen LogP contribution in [0.1, 0.15) is 46.5 Å². The second-order valence-electron chi connectivity index (χ2n) is 6.96. The molecule has 0 aliphatic carbocycles. The summed E-state index contributed by atoms with van der Waals surface area (Å²) in [5, 5.41) is 0. The molecule has 21 heavy (non-hydrogen) atoms. The van der Waals surface area contributed by atoms with Crippen molar-refractivity contribution in [3.05, 3.63) is 0 Å². The van der Waals surface area contributed by atoms with Crippen molar-refractivity contribution in [1.82, 2.24) is 0 Å². The van der Waals surface area contributed by atoms with Crippen molar-refractivity contribution < 1.29 is 23.5 Å². The van der Waals surface area contributed by atoms with Gasteiger partial charge < -0.3 is 14.0 Å². The lowest BCUT2D eigenvalue weighted by Crippen LogP contribution is -2.44. The summed E-state index contributed by atoms with van der Waals surface area (Å²) in [5.74, 6) is -0.289. The van der Waals surface area contributed by atoms with Crippen LogP contribution >= 0.6 is 0 Å². The van der Waals surface area contributed by atoms with Gasteiger partial charge in [0.15, 0.2) is 6.10 Å². The second-order valence-corrected chi connectivity index (χ2v) is 6.96. The average molecular weight is 302 g/mol. The summed E-state index contributed by atoms with van der Waals surface area (Å²) in [6, 6.07) is 0. The van der Waals surface area contributed by atoms with E-state index in [9.17, 15) is 9.59 Å². The zero-order valence-electron chi connectivity index (χ0n) is 14.5. The quantitative estimate of drug-likeness (QED) is 0.353. The average Bonchev–Trinajstić information content (AvgIpc) is 2.25. The van der Waals surface area contributed by atoms with Gasteiger partial charge in [-0.25, -0.2) is 0 Å². The Labute approximate surface area is 129 Å². The summed E-state index contributed by atoms with van der Waals surface area (Å²) in [4.78, 5) is 23.6. The maximum Gasteiger partial charge on any atom is 0.309 e.